The van der Waals surface area contributed by atoms with Gasteiger partial charge in [-0.05, 0) is 36.1 Å². The molecule has 28 heavy (non-hydrogen) atoms. The minimum Gasteiger partial charge on any atom is -0.327 e. The minimum absolute atomic E-state index is 0.0361. The molecule has 1 aliphatic heterocycles. The van der Waals surface area contributed by atoms with Gasteiger partial charge in [-0.2, -0.15) is 0 Å². The monoisotopic (exact) mass is 380 g/mol. The highest BCUT2D eigenvalue weighted by Gasteiger charge is 2.26. The second-order valence-electron chi connectivity index (χ2n) is 7.83. The third kappa shape index (κ3) is 4.78. The van der Waals surface area contributed by atoms with E-state index in [-0.39, 0.29) is 11.8 Å². The molecule has 1 saturated heterocycles. The Morgan fingerprint density at radius 3 is 2.36 bits per heavy atom. The SMILES string of the molecule is Cc1cccc(C(C)C)c1NC(=O)C[NH+]1CCN(C(=O)c2ccccc2)CC1. The molecule has 5 nitrogen and oxygen atoms in total. The molecule has 2 N–H and O–H groups in total. The molecule has 0 aliphatic carbocycles. The van der Waals surface area contributed by atoms with Crippen molar-refractivity contribution in [3.63, 3.8) is 0 Å². The summed E-state index contributed by atoms with van der Waals surface area (Å²) in [6.07, 6.45) is 0. The average Bonchev–Trinajstić information content (AvgIpc) is 2.70. The fourth-order valence-corrected chi connectivity index (χ4v) is 3.72. The molecule has 1 fully saturated rings. The van der Waals surface area contributed by atoms with E-state index in [4.69, 9.17) is 0 Å². The van der Waals surface area contributed by atoms with Crippen LogP contribution in [0.1, 0.15) is 41.3 Å². The summed E-state index contributed by atoms with van der Waals surface area (Å²) in [5.74, 6) is 0.467. The van der Waals surface area contributed by atoms with Crippen molar-refractivity contribution in [2.24, 2.45) is 0 Å². The Bertz CT molecular complexity index is 825. The highest BCUT2D eigenvalue weighted by atomic mass is 16.2. The zero-order valence-electron chi connectivity index (χ0n) is 17.0. The number of quaternary nitrogens is 1. The zero-order valence-corrected chi connectivity index (χ0v) is 17.0. The standard InChI is InChI=1S/C23H29N3O2/c1-17(2)20-11-7-8-18(3)22(20)24-21(27)16-25-12-14-26(15-13-25)23(28)19-9-5-4-6-10-19/h4-11,17H,12-16H2,1-3H3,(H,24,27)/p+1. The number of hydrogen-bond acceptors (Lipinski definition) is 2. The molecule has 0 bridgehead atoms. The van der Waals surface area contributed by atoms with Crippen LogP contribution in [0.4, 0.5) is 5.69 Å². The maximum absolute atomic E-state index is 12.6. The van der Waals surface area contributed by atoms with E-state index < -0.39 is 0 Å². The number of hydrogen-bond donors (Lipinski definition) is 2. The van der Waals surface area contributed by atoms with Crippen LogP contribution in [0.25, 0.3) is 0 Å². The first kappa shape index (κ1) is 20.1. The van der Waals surface area contributed by atoms with Crippen molar-refractivity contribution in [1.82, 2.24) is 4.90 Å². The van der Waals surface area contributed by atoms with Gasteiger partial charge in [0.2, 0.25) is 0 Å². The number of para-hydroxylation sites is 1. The van der Waals surface area contributed by atoms with Gasteiger partial charge in [0.1, 0.15) is 0 Å². The normalized spacial score (nSPS) is 14.9. The van der Waals surface area contributed by atoms with Gasteiger partial charge in [0.25, 0.3) is 11.8 Å². The molecule has 2 aromatic carbocycles. The minimum atomic E-state index is 0.0361. The van der Waals surface area contributed by atoms with Gasteiger partial charge in [-0.25, -0.2) is 0 Å². The smallest absolute Gasteiger partial charge is 0.279 e. The van der Waals surface area contributed by atoms with Crippen molar-refractivity contribution in [2.75, 3.05) is 38.0 Å². The average molecular weight is 381 g/mol. The Kier molecular flexibility index (Phi) is 6.47. The number of anilines is 1. The number of carbonyl (C=O) groups is 2. The summed E-state index contributed by atoms with van der Waals surface area (Å²) in [5.41, 5.74) is 3.93. The maximum atomic E-state index is 12.6. The number of carbonyl (C=O) groups excluding carboxylic acids is 2. The topological polar surface area (TPSA) is 53.9 Å². The lowest BCUT2D eigenvalue weighted by Crippen LogP contribution is -3.15. The van der Waals surface area contributed by atoms with Crippen molar-refractivity contribution in [3.05, 3.63) is 65.2 Å². The molecular formula is C23H30N3O2+. The molecule has 148 valence electrons. The highest BCUT2D eigenvalue weighted by Crippen LogP contribution is 2.27. The third-order valence-corrected chi connectivity index (χ3v) is 5.38. The van der Waals surface area contributed by atoms with Crippen LogP contribution in [0.3, 0.4) is 0 Å². The molecule has 2 amide bonds. The second kappa shape index (κ2) is 9.02. The fourth-order valence-electron chi connectivity index (χ4n) is 3.72. The van der Waals surface area contributed by atoms with E-state index in [1.165, 1.54) is 10.5 Å². The molecule has 0 unspecified atom stereocenters. The molecule has 5 heteroatoms. The molecule has 2 aromatic rings. The summed E-state index contributed by atoms with van der Waals surface area (Å²) in [5, 5.41) is 3.13. The molecule has 0 atom stereocenters. The fraction of sp³-hybridized carbons (Fsp3) is 0.391. The number of nitrogens with one attached hydrogen (secondary N) is 2. The first-order valence-electron chi connectivity index (χ1n) is 10.0. The van der Waals surface area contributed by atoms with Crippen LogP contribution in [-0.4, -0.2) is 49.4 Å². The quantitative estimate of drug-likeness (QED) is 0.835. The lowest BCUT2D eigenvalue weighted by atomic mass is 9.98. The Balaban J connectivity index is 1.54. The van der Waals surface area contributed by atoms with Crippen LogP contribution in [0, 0.1) is 6.92 Å². The van der Waals surface area contributed by atoms with Crippen molar-refractivity contribution >= 4 is 17.5 Å². The van der Waals surface area contributed by atoms with Crippen molar-refractivity contribution in [3.8, 4) is 0 Å². The van der Waals surface area contributed by atoms with Crippen LogP contribution in [-0.2, 0) is 4.79 Å². The molecule has 0 spiro atoms. The Morgan fingerprint density at radius 1 is 1.04 bits per heavy atom. The van der Waals surface area contributed by atoms with Gasteiger partial charge in [0.15, 0.2) is 6.54 Å². The van der Waals surface area contributed by atoms with E-state index in [0.717, 1.165) is 29.9 Å². The highest BCUT2D eigenvalue weighted by molar-refractivity contribution is 5.94. The van der Waals surface area contributed by atoms with Crippen LogP contribution < -0.4 is 10.2 Å². The number of piperazine rings is 1. The Morgan fingerprint density at radius 2 is 1.71 bits per heavy atom. The van der Waals surface area contributed by atoms with E-state index in [1.807, 2.05) is 54.3 Å². The molecule has 1 heterocycles. The molecule has 1 aliphatic rings. The lowest BCUT2D eigenvalue weighted by Gasteiger charge is -2.32. The van der Waals surface area contributed by atoms with E-state index in [0.29, 0.717) is 25.6 Å². The summed E-state index contributed by atoms with van der Waals surface area (Å²) in [4.78, 5) is 28.3. The van der Waals surface area contributed by atoms with Crippen molar-refractivity contribution < 1.29 is 14.5 Å². The van der Waals surface area contributed by atoms with Crippen LogP contribution in [0.2, 0.25) is 0 Å². The summed E-state index contributed by atoms with van der Waals surface area (Å²) in [6.45, 7) is 9.67. The van der Waals surface area contributed by atoms with E-state index in [1.54, 1.807) is 0 Å². The Hall–Kier alpha value is -2.66. The molecule has 0 radical (unpaired) electrons. The predicted octanol–water partition coefficient (Wildman–Crippen LogP) is 2.10. The number of aryl methyl sites for hydroxylation is 1. The summed E-state index contributed by atoms with van der Waals surface area (Å²) < 4.78 is 0. The number of nitrogens with zero attached hydrogens (tertiary/aromatic N) is 1. The van der Waals surface area contributed by atoms with Gasteiger partial charge >= 0.3 is 0 Å². The van der Waals surface area contributed by atoms with Crippen LogP contribution in [0.5, 0.6) is 0 Å². The lowest BCUT2D eigenvalue weighted by molar-refractivity contribution is -0.895. The van der Waals surface area contributed by atoms with E-state index >= 15 is 0 Å². The third-order valence-electron chi connectivity index (χ3n) is 5.38. The van der Waals surface area contributed by atoms with Gasteiger partial charge in [-0.15, -0.1) is 0 Å². The van der Waals surface area contributed by atoms with Crippen LogP contribution >= 0.6 is 0 Å². The number of amides is 2. The second-order valence-corrected chi connectivity index (χ2v) is 7.83. The van der Waals surface area contributed by atoms with E-state index in [9.17, 15) is 9.59 Å². The Labute approximate surface area is 167 Å². The van der Waals surface area contributed by atoms with Crippen molar-refractivity contribution in [2.45, 2.75) is 26.7 Å². The summed E-state index contributed by atoms with van der Waals surface area (Å²) >= 11 is 0. The molecule has 0 aromatic heterocycles. The largest absolute Gasteiger partial charge is 0.327 e. The van der Waals surface area contributed by atoms with Gasteiger partial charge in [0.05, 0.1) is 26.2 Å². The van der Waals surface area contributed by atoms with E-state index in [2.05, 4.69) is 25.2 Å². The summed E-state index contributed by atoms with van der Waals surface area (Å²) in [7, 11) is 0. The molecular weight excluding hydrogens is 350 g/mol. The molecule has 3 rings (SSSR count). The first-order chi connectivity index (χ1) is 13.5. The number of rotatable bonds is 5. The van der Waals surface area contributed by atoms with Crippen molar-refractivity contribution in [1.29, 1.82) is 0 Å². The zero-order chi connectivity index (χ0) is 20.1. The van der Waals surface area contributed by atoms with Gasteiger partial charge in [-0.1, -0.05) is 50.2 Å². The summed E-state index contributed by atoms with van der Waals surface area (Å²) in [6, 6.07) is 15.5. The van der Waals surface area contributed by atoms with Crippen LogP contribution in [0.15, 0.2) is 48.5 Å². The number of benzene rings is 2. The molecule has 0 saturated carbocycles. The first-order valence-corrected chi connectivity index (χ1v) is 10.0. The predicted molar refractivity (Wildman–Crippen MR) is 112 cm³/mol. The van der Waals surface area contributed by atoms with Gasteiger partial charge in [-0.3, -0.25) is 9.59 Å². The van der Waals surface area contributed by atoms with Gasteiger partial charge in [0, 0.05) is 11.3 Å². The van der Waals surface area contributed by atoms with Gasteiger partial charge < -0.3 is 15.1 Å². The maximum Gasteiger partial charge on any atom is 0.279 e.